The Hall–Kier alpha value is -4.58. The summed E-state index contributed by atoms with van der Waals surface area (Å²) in [5.74, 6) is -1.76. The third-order valence-electron chi connectivity index (χ3n) is 15.0. The van der Waals surface area contributed by atoms with E-state index in [0.717, 1.165) is 68.0 Å². The fourth-order valence-corrected chi connectivity index (χ4v) is 9.85. The lowest BCUT2D eigenvalue weighted by atomic mass is 9.93. The molecule has 2 atom stereocenters. The van der Waals surface area contributed by atoms with Gasteiger partial charge in [0, 0.05) is 23.2 Å². The monoisotopic (exact) mass is 1080 g/mol. The molecular weight excluding hydrogens is 996 g/mol. The molecule has 0 aliphatic rings. The maximum atomic E-state index is 11.7. The third kappa shape index (κ3) is 17.8. The molecular formula is C60H85ClN2O8Si3. The number of carboxylic acids is 2. The van der Waals surface area contributed by atoms with Crippen LogP contribution in [0.1, 0.15) is 97.4 Å². The highest BCUT2D eigenvalue weighted by Gasteiger charge is 2.41. The summed E-state index contributed by atoms with van der Waals surface area (Å²) >= 11 is 6.15. The van der Waals surface area contributed by atoms with Crippen LogP contribution in [-0.4, -0.2) is 91.8 Å². The van der Waals surface area contributed by atoms with Crippen LogP contribution >= 0.6 is 11.1 Å². The van der Waals surface area contributed by atoms with E-state index < -0.39 is 42.1 Å². The van der Waals surface area contributed by atoms with Crippen molar-refractivity contribution in [2.24, 2.45) is 0 Å². The molecule has 74 heavy (non-hydrogen) atoms. The van der Waals surface area contributed by atoms with Gasteiger partial charge in [0.05, 0.1) is 49.3 Å². The van der Waals surface area contributed by atoms with Gasteiger partial charge in [-0.2, -0.15) is 11.1 Å². The molecule has 2 aromatic heterocycles. The van der Waals surface area contributed by atoms with Crippen molar-refractivity contribution >= 4 is 68.8 Å². The highest BCUT2D eigenvalue weighted by Crippen LogP contribution is 2.41. The second-order valence-corrected chi connectivity index (χ2v) is 40.9. The molecule has 0 fully saturated rings. The van der Waals surface area contributed by atoms with Crippen molar-refractivity contribution in [3.8, 4) is 22.3 Å². The van der Waals surface area contributed by atoms with E-state index in [9.17, 15) is 24.9 Å². The molecule has 0 bridgehead atoms. The van der Waals surface area contributed by atoms with Gasteiger partial charge in [0.15, 0.2) is 24.0 Å². The molecule has 2 heterocycles. The van der Waals surface area contributed by atoms with Gasteiger partial charge in [0.1, 0.15) is 0 Å². The largest absolute Gasteiger partial charge is 0.481 e. The zero-order chi connectivity index (χ0) is 55.5. The Morgan fingerprint density at radius 1 is 0.595 bits per heavy atom. The van der Waals surface area contributed by atoms with Crippen LogP contribution in [0, 0.1) is 0 Å². The molecule has 0 aliphatic heterocycles. The predicted molar refractivity (Wildman–Crippen MR) is 315 cm³/mol. The molecule has 6 rings (SSSR count). The summed E-state index contributed by atoms with van der Waals surface area (Å²) in [6, 6.07) is 32.0. The molecule has 10 nitrogen and oxygen atoms in total. The van der Waals surface area contributed by atoms with Crippen molar-refractivity contribution in [2.45, 2.75) is 167 Å². The van der Waals surface area contributed by atoms with Crippen molar-refractivity contribution in [2.75, 3.05) is 13.2 Å². The van der Waals surface area contributed by atoms with Crippen molar-refractivity contribution in [1.29, 1.82) is 0 Å². The fraction of sp³-hybridized carbons (Fsp3) is 0.467. The summed E-state index contributed by atoms with van der Waals surface area (Å²) in [6.07, 6.45) is 5.28. The number of carboxylic acid groups (broad SMARTS) is 2. The van der Waals surface area contributed by atoms with Gasteiger partial charge in [-0.15, -0.1) is 0 Å². The van der Waals surface area contributed by atoms with Crippen LogP contribution in [0.15, 0.2) is 109 Å². The number of carbonyl (C=O) groups is 2. The summed E-state index contributed by atoms with van der Waals surface area (Å²) < 4.78 is 13.6. The molecule has 6 aromatic rings. The number of benzene rings is 4. The molecule has 0 saturated heterocycles. The number of aliphatic hydroxyl groups excluding tert-OH is 2. The SMILES string of the molecule is CC(C)(C)[Si](C)(C)Cl.CC(C)(C)[Si](C)(C)OCC(CCc1cccc(-c2c(CC(=O)O)cnc3ccccc23)c1)O[Si](C)(C)C(C)(C)C.O=C(O)Cc1cnc2ccccc2c1-c1cccc(CCC(O)CO)c1. The Balaban J connectivity index is 0.000000296. The number of aromatic nitrogens is 2. The first kappa shape index (κ1) is 62.0. The quantitative estimate of drug-likeness (QED) is 0.0482. The fourth-order valence-electron chi connectivity index (χ4n) is 7.45. The van der Waals surface area contributed by atoms with Gasteiger partial charge >= 0.3 is 11.9 Å². The van der Waals surface area contributed by atoms with E-state index in [1.54, 1.807) is 12.4 Å². The number of hydrogen-bond donors (Lipinski definition) is 4. The Morgan fingerprint density at radius 3 is 1.38 bits per heavy atom. The number of nitrogens with zero attached hydrogens (tertiary/aromatic N) is 2. The minimum Gasteiger partial charge on any atom is -0.481 e. The van der Waals surface area contributed by atoms with E-state index in [0.29, 0.717) is 30.1 Å². The van der Waals surface area contributed by atoms with Gasteiger partial charge < -0.3 is 29.3 Å². The average Bonchev–Trinajstić information content (AvgIpc) is 3.30. The zero-order valence-electron chi connectivity index (χ0n) is 46.9. The molecule has 0 aliphatic carbocycles. The second kappa shape index (κ2) is 26.0. The first-order valence-electron chi connectivity index (χ1n) is 25.9. The van der Waals surface area contributed by atoms with Crippen molar-refractivity contribution in [3.63, 3.8) is 0 Å². The average molecular weight is 1080 g/mol. The number of fused-ring (bicyclic) bond motifs is 2. The van der Waals surface area contributed by atoms with Gasteiger partial charge in [-0.25, -0.2) is 0 Å². The summed E-state index contributed by atoms with van der Waals surface area (Å²) in [7, 11) is -5.29. The second-order valence-electron chi connectivity index (χ2n) is 24.1. The molecule has 14 heteroatoms. The number of pyridine rings is 2. The van der Waals surface area contributed by atoms with Crippen LogP contribution < -0.4 is 0 Å². The zero-order valence-corrected chi connectivity index (χ0v) is 50.7. The van der Waals surface area contributed by atoms with Crippen LogP contribution in [0.5, 0.6) is 0 Å². The normalized spacial score (nSPS) is 13.4. The molecule has 0 radical (unpaired) electrons. The topological polar surface area (TPSA) is 159 Å². The Kier molecular flexibility index (Phi) is 21.8. The number of aliphatic carboxylic acids is 2. The van der Waals surface area contributed by atoms with Gasteiger partial charge in [-0.05, 0) is 124 Å². The minimum atomic E-state index is -1.99. The number of hydrogen-bond acceptors (Lipinski definition) is 8. The number of aryl methyl sites for hydroxylation is 2. The molecule has 0 spiro atoms. The highest BCUT2D eigenvalue weighted by atomic mass is 35.6. The minimum absolute atomic E-state index is 0.0167. The van der Waals surface area contributed by atoms with Gasteiger partial charge in [0.25, 0.3) is 0 Å². The summed E-state index contributed by atoms with van der Waals surface area (Å²) in [5, 5.41) is 39.9. The number of para-hydroxylation sites is 2. The Morgan fingerprint density at radius 2 is 1.00 bits per heavy atom. The Bertz CT molecular complexity index is 2800. The lowest BCUT2D eigenvalue weighted by molar-refractivity contribution is -0.137. The standard InChI is InChI=1S/C33H49NO4Si2.C21H21NO4.C6H15ClSi/c1-32(2,3)39(7,8)37-23-27(38-40(9,10)33(4,5)6)19-18-24-14-13-15-25(20-24)31-26(21-30(35)36)22-34-29-17-12-11-16-28(29)31;23-13-17(24)9-8-14-4-3-5-15(10-14)21-16(11-20(25)26)12-22-19-7-2-1-6-18(19)21;1-6(2,3)8(4,5)7/h11-17,20,22,27H,18-19,21,23H2,1-10H3,(H,35,36);1-7,10,12,17,23-24H,8-9,11,13H2,(H,25,26);1-5H3. The predicted octanol–water partition coefficient (Wildman–Crippen LogP) is 14.9. The van der Waals surface area contributed by atoms with Gasteiger partial charge in [-0.3, -0.25) is 19.6 Å². The summed E-state index contributed by atoms with van der Waals surface area (Å²) in [5.41, 5.74) is 9.08. The molecule has 4 aromatic carbocycles. The maximum absolute atomic E-state index is 11.7. The first-order chi connectivity index (χ1) is 34.2. The number of halogens is 1. The van der Waals surface area contributed by atoms with Crippen LogP contribution in [0.2, 0.25) is 54.4 Å². The van der Waals surface area contributed by atoms with Crippen molar-refractivity contribution in [1.82, 2.24) is 9.97 Å². The van der Waals surface area contributed by atoms with Gasteiger partial charge in [0.2, 0.25) is 0 Å². The molecule has 0 amide bonds. The maximum Gasteiger partial charge on any atom is 0.307 e. The number of aliphatic hydroxyl groups is 2. The summed E-state index contributed by atoms with van der Waals surface area (Å²) in [4.78, 5) is 31.9. The van der Waals surface area contributed by atoms with Gasteiger partial charge in [-0.1, -0.05) is 160 Å². The third-order valence-corrected chi connectivity index (χ3v) is 29.3. The summed E-state index contributed by atoms with van der Waals surface area (Å²) in [6.45, 7) is 34.2. The first-order valence-corrected chi connectivity index (χ1v) is 35.7. The van der Waals surface area contributed by atoms with E-state index in [1.807, 2.05) is 72.8 Å². The lowest BCUT2D eigenvalue weighted by Crippen LogP contribution is -2.48. The van der Waals surface area contributed by atoms with Crippen molar-refractivity contribution in [3.05, 3.63) is 132 Å². The van der Waals surface area contributed by atoms with E-state index in [-0.39, 0.29) is 35.6 Å². The highest BCUT2D eigenvalue weighted by molar-refractivity contribution is 7.20. The number of rotatable bonds is 18. The smallest absolute Gasteiger partial charge is 0.307 e. The molecule has 2 unspecified atom stereocenters. The van der Waals surface area contributed by atoms with E-state index >= 15 is 0 Å². The molecule has 402 valence electrons. The molecule has 4 N–H and O–H groups in total. The van der Waals surface area contributed by atoms with E-state index in [2.05, 4.69) is 136 Å². The van der Waals surface area contributed by atoms with Crippen molar-refractivity contribution < 1.29 is 38.9 Å². The van der Waals surface area contributed by atoms with Crippen LogP contribution in [0.25, 0.3) is 44.1 Å². The van der Waals surface area contributed by atoms with Crippen LogP contribution in [-0.2, 0) is 44.1 Å². The van der Waals surface area contributed by atoms with E-state index in [1.165, 1.54) is 5.56 Å². The lowest BCUT2D eigenvalue weighted by Gasteiger charge is -2.41. The Labute approximate surface area is 449 Å². The van der Waals surface area contributed by atoms with Crippen LogP contribution in [0.4, 0.5) is 0 Å². The molecule has 0 saturated carbocycles. The van der Waals surface area contributed by atoms with Crippen LogP contribution in [0.3, 0.4) is 0 Å². The van der Waals surface area contributed by atoms with E-state index in [4.69, 9.17) is 25.0 Å².